The molecule has 0 unspecified atom stereocenters. The van der Waals surface area contributed by atoms with Gasteiger partial charge in [0, 0.05) is 25.0 Å². The van der Waals surface area contributed by atoms with Gasteiger partial charge in [0.1, 0.15) is 11.6 Å². The number of halogens is 4. The van der Waals surface area contributed by atoms with Crippen LogP contribution in [0.25, 0.3) is 11.4 Å². The van der Waals surface area contributed by atoms with Crippen molar-refractivity contribution < 1.29 is 22.4 Å². The van der Waals surface area contributed by atoms with Gasteiger partial charge in [-0.25, -0.2) is 4.98 Å². The van der Waals surface area contributed by atoms with Gasteiger partial charge >= 0.3 is 12.1 Å². The van der Waals surface area contributed by atoms with Crippen LogP contribution in [0.1, 0.15) is 11.6 Å². The van der Waals surface area contributed by atoms with Crippen molar-refractivity contribution in [1.82, 2.24) is 24.9 Å². The summed E-state index contributed by atoms with van der Waals surface area (Å²) in [7, 11) is 1.75. The Kier molecular flexibility index (Phi) is 4.14. The van der Waals surface area contributed by atoms with Crippen LogP contribution in [-0.2, 0) is 19.8 Å². The highest BCUT2D eigenvalue weighted by atomic mass is 35.5. The third-order valence-corrected chi connectivity index (χ3v) is 3.26. The fourth-order valence-electron chi connectivity index (χ4n) is 1.83. The van der Waals surface area contributed by atoms with E-state index in [0.717, 1.165) is 0 Å². The van der Waals surface area contributed by atoms with Crippen LogP contribution in [0.15, 0.2) is 29.0 Å². The highest BCUT2D eigenvalue weighted by Crippen LogP contribution is 2.34. The highest BCUT2D eigenvalue weighted by Gasteiger charge is 2.38. The van der Waals surface area contributed by atoms with Crippen LogP contribution < -0.4 is 4.74 Å². The number of aryl methyl sites for hydroxylation is 1. The van der Waals surface area contributed by atoms with Gasteiger partial charge in [-0.05, 0) is 12.1 Å². The number of hydrogen-bond donors (Lipinski definition) is 0. The molecule has 0 atom stereocenters. The molecule has 0 fully saturated rings. The van der Waals surface area contributed by atoms with Crippen LogP contribution in [0.4, 0.5) is 13.2 Å². The second-order valence-corrected chi connectivity index (χ2v) is 5.05. The molecule has 3 aromatic heterocycles. The number of hydrogen-bond acceptors (Lipinski definition) is 6. The normalized spacial score (nSPS) is 11.7. The Bertz CT molecular complexity index is 861. The summed E-state index contributed by atoms with van der Waals surface area (Å²) in [5.74, 6) is -1.74. The van der Waals surface area contributed by atoms with E-state index in [1.54, 1.807) is 24.0 Å². The molecule has 0 aliphatic carbocycles. The van der Waals surface area contributed by atoms with Crippen molar-refractivity contribution in [3.63, 3.8) is 0 Å². The van der Waals surface area contributed by atoms with Crippen LogP contribution in [0.3, 0.4) is 0 Å². The Morgan fingerprint density at radius 1 is 1.33 bits per heavy atom. The van der Waals surface area contributed by atoms with E-state index in [-0.39, 0.29) is 28.9 Å². The standard InChI is InChI=1S/C13H9ClF3N5O2/c1-22-5-3-7(20-22)6-23-11-9(14)8(2-4-18-11)10-19-12(24-21-10)13(15,16)17/h2-5H,6H2,1H3. The molecule has 0 bridgehead atoms. The van der Waals surface area contributed by atoms with E-state index >= 15 is 0 Å². The average Bonchev–Trinajstić information content (AvgIpc) is 3.15. The molecule has 0 aliphatic heterocycles. The van der Waals surface area contributed by atoms with Crippen LogP contribution >= 0.6 is 11.6 Å². The third-order valence-electron chi connectivity index (χ3n) is 2.89. The Morgan fingerprint density at radius 3 is 2.75 bits per heavy atom. The maximum atomic E-state index is 12.5. The van der Waals surface area contributed by atoms with E-state index in [1.807, 2.05) is 0 Å². The van der Waals surface area contributed by atoms with E-state index in [2.05, 4.69) is 24.7 Å². The van der Waals surface area contributed by atoms with E-state index in [0.29, 0.717) is 5.69 Å². The first-order chi connectivity index (χ1) is 11.3. The van der Waals surface area contributed by atoms with Gasteiger partial charge in [0.05, 0.1) is 5.69 Å². The molecule has 0 N–H and O–H groups in total. The number of nitrogens with zero attached hydrogens (tertiary/aromatic N) is 5. The molecule has 3 heterocycles. The summed E-state index contributed by atoms with van der Waals surface area (Å²) in [4.78, 5) is 7.23. The molecular formula is C13H9ClF3N5O2. The maximum absolute atomic E-state index is 12.5. The van der Waals surface area contributed by atoms with Crippen molar-refractivity contribution in [2.24, 2.45) is 7.05 Å². The first-order valence-corrected chi connectivity index (χ1v) is 6.89. The lowest BCUT2D eigenvalue weighted by molar-refractivity contribution is -0.159. The van der Waals surface area contributed by atoms with Crippen LogP contribution in [0, 0.1) is 0 Å². The smallest absolute Gasteiger partial charge is 0.470 e. The first-order valence-electron chi connectivity index (χ1n) is 6.51. The van der Waals surface area contributed by atoms with E-state index in [4.69, 9.17) is 16.3 Å². The number of rotatable bonds is 4. The fraction of sp³-hybridized carbons (Fsp3) is 0.231. The predicted molar refractivity (Wildman–Crippen MR) is 75.1 cm³/mol. The van der Waals surface area contributed by atoms with E-state index < -0.39 is 12.1 Å². The quantitative estimate of drug-likeness (QED) is 0.712. The van der Waals surface area contributed by atoms with Gasteiger partial charge in [-0.2, -0.15) is 23.3 Å². The number of alkyl halides is 3. The minimum absolute atomic E-state index is 0.0250. The molecule has 0 spiro atoms. The van der Waals surface area contributed by atoms with Crippen molar-refractivity contribution >= 4 is 11.6 Å². The van der Waals surface area contributed by atoms with Gasteiger partial charge in [0.25, 0.3) is 0 Å². The minimum Gasteiger partial charge on any atom is -0.470 e. The molecule has 126 valence electrons. The van der Waals surface area contributed by atoms with Gasteiger partial charge in [0.2, 0.25) is 11.7 Å². The summed E-state index contributed by atoms with van der Waals surface area (Å²) in [5.41, 5.74) is 0.752. The molecule has 0 saturated heterocycles. The molecule has 3 rings (SSSR count). The summed E-state index contributed by atoms with van der Waals surface area (Å²) < 4.78 is 48.8. The molecule has 0 amide bonds. The Labute approximate surface area is 138 Å². The van der Waals surface area contributed by atoms with Crippen molar-refractivity contribution in [2.75, 3.05) is 0 Å². The van der Waals surface area contributed by atoms with E-state index in [1.165, 1.54) is 12.3 Å². The second-order valence-electron chi connectivity index (χ2n) is 4.67. The monoisotopic (exact) mass is 359 g/mol. The molecule has 3 aromatic rings. The average molecular weight is 360 g/mol. The minimum atomic E-state index is -4.73. The van der Waals surface area contributed by atoms with Gasteiger partial charge in [-0.3, -0.25) is 4.68 Å². The zero-order valence-electron chi connectivity index (χ0n) is 12.1. The molecule has 0 radical (unpaired) electrons. The first kappa shape index (κ1) is 16.2. The number of pyridine rings is 1. The number of aromatic nitrogens is 5. The molecular weight excluding hydrogens is 351 g/mol. The molecule has 24 heavy (non-hydrogen) atoms. The van der Waals surface area contributed by atoms with Crippen LogP contribution in [-0.4, -0.2) is 24.9 Å². The fourth-order valence-corrected chi connectivity index (χ4v) is 2.08. The van der Waals surface area contributed by atoms with Crippen molar-refractivity contribution in [1.29, 1.82) is 0 Å². The Morgan fingerprint density at radius 2 is 2.12 bits per heavy atom. The summed E-state index contributed by atoms with van der Waals surface area (Å²) in [6.07, 6.45) is -1.68. The topological polar surface area (TPSA) is 78.9 Å². The predicted octanol–water partition coefficient (Wildman–Crippen LogP) is 3.12. The summed E-state index contributed by atoms with van der Waals surface area (Å²) in [5, 5.41) is 7.38. The number of ether oxygens (including phenoxy) is 1. The van der Waals surface area contributed by atoms with Gasteiger partial charge in [-0.15, -0.1) is 0 Å². The Hall–Kier alpha value is -2.62. The van der Waals surface area contributed by atoms with Crippen molar-refractivity contribution in [3.05, 3.63) is 41.1 Å². The summed E-state index contributed by atoms with van der Waals surface area (Å²) in [6.45, 7) is 0.0943. The van der Waals surface area contributed by atoms with Crippen molar-refractivity contribution in [2.45, 2.75) is 12.8 Å². The lowest BCUT2D eigenvalue weighted by Gasteiger charge is -2.07. The van der Waals surface area contributed by atoms with E-state index in [9.17, 15) is 13.2 Å². The lowest BCUT2D eigenvalue weighted by Crippen LogP contribution is -2.05. The van der Waals surface area contributed by atoms with Gasteiger partial charge in [-0.1, -0.05) is 16.8 Å². The molecule has 7 nitrogen and oxygen atoms in total. The largest absolute Gasteiger partial charge is 0.471 e. The maximum Gasteiger partial charge on any atom is 0.471 e. The van der Waals surface area contributed by atoms with Crippen LogP contribution in [0.2, 0.25) is 5.02 Å². The second kappa shape index (κ2) is 6.11. The third kappa shape index (κ3) is 3.32. The summed E-state index contributed by atoms with van der Waals surface area (Å²) in [6, 6.07) is 3.10. The highest BCUT2D eigenvalue weighted by molar-refractivity contribution is 6.34. The molecule has 0 aliphatic rings. The lowest BCUT2D eigenvalue weighted by atomic mass is 10.2. The van der Waals surface area contributed by atoms with Gasteiger partial charge < -0.3 is 9.26 Å². The van der Waals surface area contributed by atoms with Crippen LogP contribution in [0.5, 0.6) is 5.88 Å². The molecule has 0 saturated carbocycles. The van der Waals surface area contributed by atoms with Gasteiger partial charge in [0.15, 0.2) is 0 Å². The van der Waals surface area contributed by atoms with Crippen molar-refractivity contribution in [3.8, 4) is 17.3 Å². The summed E-state index contributed by atoms with van der Waals surface area (Å²) >= 11 is 6.12. The zero-order chi connectivity index (χ0) is 17.3. The SMILES string of the molecule is Cn1ccc(COc2nccc(-c3noc(C(F)(F)F)n3)c2Cl)n1. The molecule has 0 aromatic carbocycles. The zero-order valence-corrected chi connectivity index (χ0v) is 12.8. The Balaban J connectivity index is 1.84. The molecule has 11 heteroatoms.